The van der Waals surface area contributed by atoms with Gasteiger partial charge in [0.15, 0.2) is 18.9 Å². The van der Waals surface area contributed by atoms with Gasteiger partial charge in [-0.25, -0.2) is 0 Å². The van der Waals surface area contributed by atoms with Gasteiger partial charge in [-0.15, -0.1) is 0 Å². The predicted molar refractivity (Wildman–Crippen MR) is 323 cm³/mol. The molecule has 1 amide bonds. The number of carbonyl (C=O) groups is 1. The zero-order valence-corrected chi connectivity index (χ0v) is 50.9. The van der Waals surface area contributed by atoms with Crippen molar-refractivity contribution in [2.24, 2.45) is 0 Å². The molecule has 0 bridgehead atoms. The number of allylic oxidation sites excluding steroid dienone is 11. The van der Waals surface area contributed by atoms with Gasteiger partial charge >= 0.3 is 0 Å². The molecule has 0 spiro atoms. The number of unbranched alkanes of at least 4 members (excludes halogenated alkanes) is 21. The predicted octanol–water partition coefficient (Wildman–Crippen LogP) is 6.99. The van der Waals surface area contributed by atoms with Gasteiger partial charge in [0.2, 0.25) is 5.91 Å². The Labute approximate surface area is 502 Å². The molecule has 3 saturated heterocycles. The number of nitrogens with one attached hydrogen (secondary N) is 1. The summed E-state index contributed by atoms with van der Waals surface area (Å²) in [4.78, 5) is 13.4. The molecule has 0 radical (unpaired) electrons. The normalized spacial score (nSPS) is 29.7. The van der Waals surface area contributed by atoms with Crippen LogP contribution in [0.1, 0.15) is 200 Å². The highest BCUT2D eigenvalue weighted by Crippen LogP contribution is 2.33. The van der Waals surface area contributed by atoms with E-state index in [0.717, 1.165) is 77.0 Å². The number of amides is 1. The SMILES string of the molecule is CC/C=C\C/C=C\C/C=C\C/C=C\CCCCCCCCCCCCC(=O)NC(COC1OC(CO)C(OC2OC(CO)C(OC3OC(CO)C(O)C(O)C3O)C(O)C2O)C(O)C1O)C(O)/C=C/CC/C=C/CCCCCCCCCCCC. The maximum Gasteiger partial charge on any atom is 0.220 e. The van der Waals surface area contributed by atoms with Crippen molar-refractivity contribution in [3.63, 3.8) is 0 Å². The lowest BCUT2D eigenvalue weighted by Gasteiger charge is -2.48. The van der Waals surface area contributed by atoms with E-state index in [2.05, 4.69) is 79.9 Å². The molecule has 84 heavy (non-hydrogen) atoms. The van der Waals surface area contributed by atoms with Gasteiger partial charge in [-0.05, 0) is 70.6 Å². The summed E-state index contributed by atoms with van der Waals surface area (Å²) < 4.78 is 34.3. The number of hydrogen-bond acceptors (Lipinski definition) is 18. The fraction of sp³-hybridized carbons (Fsp3) is 0.800. The molecule has 3 heterocycles. The third-order valence-electron chi connectivity index (χ3n) is 15.7. The minimum Gasteiger partial charge on any atom is -0.394 e. The zero-order chi connectivity index (χ0) is 61.2. The fourth-order valence-corrected chi connectivity index (χ4v) is 10.5. The van der Waals surface area contributed by atoms with Crippen molar-refractivity contribution in [2.45, 2.75) is 304 Å². The zero-order valence-electron chi connectivity index (χ0n) is 50.9. The molecule has 12 N–H and O–H groups in total. The summed E-state index contributed by atoms with van der Waals surface area (Å²) >= 11 is 0. The first-order chi connectivity index (χ1) is 40.8. The molecule has 17 unspecified atom stereocenters. The van der Waals surface area contributed by atoms with Crippen LogP contribution in [0.4, 0.5) is 0 Å². The quantitative estimate of drug-likeness (QED) is 0.0216. The lowest BCUT2D eigenvalue weighted by Crippen LogP contribution is -2.66. The van der Waals surface area contributed by atoms with Gasteiger partial charge in [-0.2, -0.15) is 0 Å². The van der Waals surface area contributed by atoms with Crippen LogP contribution in [0.3, 0.4) is 0 Å². The molecule has 0 aliphatic carbocycles. The van der Waals surface area contributed by atoms with Crippen molar-refractivity contribution in [2.75, 3.05) is 26.4 Å². The third kappa shape index (κ3) is 30.0. The topological polar surface area (TPSA) is 307 Å². The van der Waals surface area contributed by atoms with Crippen molar-refractivity contribution in [3.05, 3.63) is 72.9 Å². The Bertz CT molecular complexity index is 1810. The average molecular weight is 1200 g/mol. The van der Waals surface area contributed by atoms with E-state index in [1.54, 1.807) is 6.08 Å². The Kier molecular flexibility index (Phi) is 42.5. The number of aliphatic hydroxyl groups excluding tert-OH is 11. The van der Waals surface area contributed by atoms with Gasteiger partial charge in [0.1, 0.15) is 73.2 Å². The van der Waals surface area contributed by atoms with Crippen LogP contribution in [-0.4, -0.2) is 193 Å². The molecule has 3 aliphatic rings. The summed E-state index contributed by atoms with van der Waals surface area (Å²) in [5.41, 5.74) is 0. The van der Waals surface area contributed by atoms with E-state index >= 15 is 0 Å². The van der Waals surface area contributed by atoms with Gasteiger partial charge in [-0.1, -0.05) is 196 Å². The Hall–Kier alpha value is -2.77. The molecule has 486 valence electrons. The second-order valence-electron chi connectivity index (χ2n) is 22.8. The van der Waals surface area contributed by atoms with E-state index in [1.165, 1.54) is 89.9 Å². The molecular formula is C65H113NO18. The lowest BCUT2D eigenvalue weighted by molar-refractivity contribution is -0.379. The van der Waals surface area contributed by atoms with Gasteiger partial charge in [0, 0.05) is 6.42 Å². The molecule has 3 aliphatic heterocycles. The maximum atomic E-state index is 13.4. The minimum atomic E-state index is -1.98. The van der Waals surface area contributed by atoms with Crippen molar-refractivity contribution in [1.29, 1.82) is 0 Å². The number of hydrogen-bond donors (Lipinski definition) is 12. The Morgan fingerprint density at radius 2 is 0.833 bits per heavy atom. The highest BCUT2D eigenvalue weighted by molar-refractivity contribution is 5.76. The molecule has 3 rings (SSSR count). The van der Waals surface area contributed by atoms with E-state index in [-0.39, 0.29) is 18.9 Å². The molecule has 0 saturated carbocycles. The summed E-state index contributed by atoms with van der Waals surface area (Å²) in [7, 11) is 0. The highest BCUT2D eigenvalue weighted by Gasteiger charge is 2.53. The molecule has 19 nitrogen and oxygen atoms in total. The largest absolute Gasteiger partial charge is 0.394 e. The van der Waals surface area contributed by atoms with Crippen molar-refractivity contribution < 1.29 is 89.4 Å². The lowest BCUT2D eigenvalue weighted by atomic mass is 9.96. The Morgan fingerprint density at radius 1 is 0.440 bits per heavy atom. The maximum absolute atomic E-state index is 13.4. The smallest absolute Gasteiger partial charge is 0.220 e. The van der Waals surface area contributed by atoms with E-state index in [4.69, 9.17) is 28.4 Å². The van der Waals surface area contributed by atoms with Gasteiger partial charge < -0.3 is 89.9 Å². The minimum absolute atomic E-state index is 0.227. The van der Waals surface area contributed by atoms with Crippen molar-refractivity contribution >= 4 is 5.91 Å². The van der Waals surface area contributed by atoms with E-state index < -0.39 is 124 Å². The van der Waals surface area contributed by atoms with E-state index in [0.29, 0.717) is 12.8 Å². The first-order valence-electron chi connectivity index (χ1n) is 32.2. The first kappa shape index (κ1) is 75.5. The summed E-state index contributed by atoms with van der Waals surface area (Å²) in [6.07, 6.45) is 30.2. The molecule has 3 fully saturated rings. The average Bonchev–Trinajstić information content (AvgIpc) is 3.69. The second-order valence-corrected chi connectivity index (χ2v) is 22.8. The molecule has 0 aromatic rings. The molecule has 19 heteroatoms. The molecular weight excluding hydrogens is 1080 g/mol. The summed E-state index contributed by atoms with van der Waals surface area (Å²) in [6.45, 7) is 1.58. The Balaban J connectivity index is 1.48. The second kappa shape index (κ2) is 47.3. The van der Waals surface area contributed by atoms with Gasteiger partial charge in [0.05, 0.1) is 38.6 Å². The van der Waals surface area contributed by atoms with Crippen LogP contribution >= 0.6 is 0 Å². The standard InChI is InChI=1S/C65H113NO18/c1-3-5-7-9-11-13-15-17-19-21-22-23-24-25-26-27-29-31-33-35-37-39-41-43-53(71)66-48(49(70)42-40-38-36-34-32-30-28-20-18-16-14-12-10-8-6-4-2)47-79-63-59(77)56(74)61(51(45-68)81-63)84-65-60(78)57(75)62(52(46-69)82-65)83-64-58(76)55(73)54(72)50(44-67)80-64/h5,7,11,13,17,19,22-23,32,34,40,42,48-52,54-65,67-70,72-78H,3-4,6,8-10,12,14-16,18,20-21,24-31,33,35-39,41,43-47H2,1-2H3,(H,66,71)/b7-5-,13-11-,19-17-,23-22-,34-32+,42-40+. The number of rotatable bonds is 47. The van der Waals surface area contributed by atoms with Gasteiger partial charge in [0.25, 0.3) is 0 Å². The van der Waals surface area contributed by atoms with E-state index in [9.17, 15) is 61.0 Å². The van der Waals surface area contributed by atoms with Crippen LogP contribution in [0.25, 0.3) is 0 Å². The van der Waals surface area contributed by atoms with Crippen LogP contribution < -0.4 is 5.32 Å². The number of ether oxygens (including phenoxy) is 6. The molecule has 0 aromatic heterocycles. The Morgan fingerprint density at radius 3 is 1.33 bits per heavy atom. The summed E-state index contributed by atoms with van der Waals surface area (Å²) in [5.74, 6) is -0.293. The number of carbonyl (C=O) groups excluding carboxylic acids is 1. The monoisotopic (exact) mass is 1200 g/mol. The summed E-state index contributed by atoms with van der Waals surface area (Å²) in [5, 5.41) is 120. The van der Waals surface area contributed by atoms with Crippen molar-refractivity contribution in [3.8, 4) is 0 Å². The van der Waals surface area contributed by atoms with Crippen LogP contribution in [-0.2, 0) is 33.2 Å². The third-order valence-corrected chi connectivity index (χ3v) is 15.7. The van der Waals surface area contributed by atoms with Gasteiger partial charge in [-0.3, -0.25) is 4.79 Å². The molecule has 0 aromatic carbocycles. The number of aliphatic hydroxyl groups is 11. The highest BCUT2D eigenvalue weighted by atomic mass is 16.8. The summed E-state index contributed by atoms with van der Waals surface area (Å²) in [6, 6.07) is -0.995. The van der Waals surface area contributed by atoms with Crippen molar-refractivity contribution in [1.82, 2.24) is 5.32 Å². The van der Waals surface area contributed by atoms with Crippen LogP contribution in [0.15, 0.2) is 72.9 Å². The first-order valence-corrected chi connectivity index (χ1v) is 32.2. The van der Waals surface area contributed by atoms with Crippen LogP contribution in [0.5, 0.6) is 0 Å². The van der Waals surface area contributed by atoms with Crippen LogP contribution in [0.2, 0.25) is 0 Å². The van der Waals surface area contributed by atoms with E-state index in [1.807, 2.05) is 6.08 Å². The van der Waals surface area contributed by atoms with Crippen LogP contribution in [0, 0.1) is 0 Å². The fourth-order valence-electron chi connectivity index (χ4n) is 10.5. The molecule has 17 atom stereocenters.